The number of carbonyl (C=O) groups excluding carboxylic acids is 1. The molecule has 0 radical (unpaired) electrons. The first kappa shape index (κ1) is 19.0. The molecule has 1 unspecified atom stereocenters. The number of carboxylic acids is 1. The van der Waals surface area contributed by atoms with Crippen molar-refractivity contribution in [3.05, 3.63) is 23.8 Å². The number of nitrogens with zero attached hydrogens (tertiary/aromatic N) is 1. The van der Waals surface area contributed by atoms with Crippen molar-refractivity contribution in [2.24, 2.45) is 5.73 Å². The van der Waals surface area contributed by atoms with Gasteiger partial charge < -0.3 is 30.0 Å². The molecule has 0 saturated heterocycles. The second-order valence-corrected chi connectivity index (χ2v) is 5.62. The Morgan fingerprint density at radius 2 is 2.04 bits per heavy atom. The van der Waals surface area contributed by atoms with E-state index >= 15 is 0 Å². The second kappa shape index (κ2) is 8.68. The van der Waals surface area contributed by atoms with Gasteiger partial charge in [-0.3, -0.25) is 4.79 Å². The van der Waals surface area contributed by atoms with Gasteiger partial charge in [-0.05, 0) is 32.0 Å². The van der Waals surface area contributed by atoms with Gasteiger partial charge in [-0.2, -0.15) is 0 Å². The van der Waals surface area contributed by atoms with Gasteiger partial charge in [0.1, 0.15) is 12.4 Å². The smallest absolute Gasteiger partial charge is 0.335 e. The number of nitrogens with two attached hydrogens (primary N) is 1. The monoisotopic (exact) mass is 352 g/mol. The number of ether oxygens (including phenoxy) is 3. The number of hydrogen-bond donors (Lipinski definition) is 2. The summed E-state index contributed by atoms with van der Waals surface area (Å²) in [6, 6.07) is 4.30. The zero-order valence-corrected chi connectivity index (χ0v) is 14.4. The van der Waals surface area contributed by atoms with Crippen LogP contribution in [-0.2, 0) is 14.3 Å². The lowest BCUT2D eigenvalue weighted by molar-refractivity contribution is -0.131. The molecule has 3 N–H and O–H groups in total. The number of carbonyl (C=O) groups is 2. The van der Waals surface area contributed by atoms with Crippen molar-refractivity contribution in [1.29, 1.82) is 0 Å². The van der Waals surface area contributed by atoms with Crippen molar-refractivity contribution < 1.29 is 28.9 Å². The van der Waals surface area contributed by atoms with E-state index in [-0.39, 0.29) is 24.6 Å². The maximum absolute atomic E-state index is 11.4. The van der Waals surface area contributed by atoms with Crippen molar-refractivity contribution in [1.82, 2.24) is 0 Å². The van der Waals surface area contributed by atoms with Crippen LogP contribution in [0.4, 0.5) is 5.69 Å². The van der Waals surface area contributed by atoms with E-state index in [0.29, 0.717) is 31.2 Å². The van der Waals surface area contributed by atoms with Crippen molar-refractivity contribution in [3.8, 4) is 5.75 Å². The van der Waals surface area contributed by atoms with Crippen LogP contribution < -0.4 is 15.4 Å². The molecule has 0 spiro atoms. The van der Waals surface area contributed by atoms with Gasteiger partial charge in [0.05, 0.1) is 30.3 Å². The Labute approximate surface area is 146 Å². The van der Waals surface area contributed by atoms with Crippen LogP contribution >= 0.6 is 0 Å². The topological polar surface area (TPSA) is 111 Å². The number of anilines is 1. The van der Waals surface area contributed by atoms with E-state index in [1.165, 1.54) is 12.1 Å². The predicted octanol–water partition coefficient (Wildman–Crippen LogP) is 1.23. The Morgan fingerprint density at radius 3 is 2.60 bits per heavy atom. The molecule has 1 aromatic rings. The van der Waals surface area contributed by atoms with Gasteiger partial charge >= 0.3 is 5.97 Å². The summed E-state index contributed by atoms with van der Waals surface area (Å²) in [7, 11) is 0. The maximum atomic E-state index is 11.4. The molecular formula is C17H24N2O6. The molecule has 0 bridgehead atoms. The van der Waals surface area contributed by atoms with E-state index in [9.17, 15) is 14.7 Å². The first-order valence-corrected chi connectivity index (χ1v) is 8.24. The average Bonchev–Trinajstić information content (AvgIpc) is 2.56. The highest BCUT2D eigenvalue weighted by Gasteiger charge is 2.31. The maximum Gasteiger partial charge on any atom is 0.335 e. The summed E-state index contributed by atoms with van der Waals surface area (Å²) >= 11 is 0. The molecule has 8 nitrogen and oxygen atoms in total. The summed E-state index contributed by atoms with van der Waals surface area (Å²) in [5.41, 5.74) is 6.07. The van der Waals surface area contributed by atoms with Crippen LogP contribution in [0.5, 0.6) is 5.75 Å². The number of benzene rings is 1. The van der Waals surface area contributed by atoms with Gasteiger partial charge in [0.15, 0.2) is 6.29 Å². The molecule has 2 rings (SSSR count). The van der Waals surface area contributed by atoms with Crippen molar-refractivity contribution in [2.45, 2.75) is 32.6 Å². The van der Waals surface area contributed by atoms with E-state index in [1.54, 1.807) is 6.07 Å². The highest BCUT2D eigenvalue weighted by atomic mass is 16.7. The average molecular weight is 352 g/mol. The summed E-state index contributed by atoms with van der Waals surface area (Å²) in [5.74, 6) is -0.941. The quantitative estimate of drug-likeness (QED) is 0.643. The molecule has 1 aliphatic rings. The van der Waals surface area contributed by atoms with Gasteiger partial charge in [0, 0.05) is 13.2 Å². The number of primary amides is 1. The molecule has 138 valence electrons. The molecule has 0 saturated carbocycles. The predicted molar refractivity (Wildman–Crippen MR) is 90.9 cm³/mol. The van der Waals surface area contributed by atoms with Crippen LogP contribution in [0.2, 0.25) is 0 Å². The molecule has 25 heavy (non-hydrogen) atoms. The first-order chi connectivity index (χ1) is 12.0. The van der Waals surface area contributed by atoms with E-state index < -0.39 is 18.2 Å². The van der Waals surface area contributed by atoms with Gasteiger partial charge in [0.25, 0.3) is 0 Å². The fourth-order valence-corrected chi connectivity index (χ4v) is 2.80. The van der Waals surface area contributed by atoms with Gasteiger partial charge in [-0.25, -0.2) is 4.79 Å². The Balaban J connectivity index is 2.36. The SMILES string of the molecule is CCOC(CN1c2cc(C(=O)O)ccc2OCC1CC(N)=O)OCC. The minimum Gasteiger partial charge on any atom is -0.489 e. The molecule has 1 heterocycles. The molecule has 1 amide bonds. The number of aromatic carboxylic acids is 1. The zero-order chi connectivity index (χ0) is 18.4. The van der Waals surface area contributed by atoms with E-state index in [0.717, 1.165) is 0 Å². The number of carboxylic acid groups (broad SMARTS) is 1. The van der Waals surface area contributed by atoms with Crippen LogP contribution in [0, 0.1) is 0 Å². The van der Waals surface area contributed by atoms with Crippen LogP contribution in [0.15, 0.2) is 18.2 Å². The third-order valence-electron chi connectivity index (χ3n) is 3.88. The highest BCUT2D eigenvalue weighted by molar-refractivity contribution is 5.90. The summed E-state index contributed by atoms with van der Waals surface area (Å²) in [6.07, 6.45) is -0.424. The zero-order valence-electron chi connectivity index (χ0n) is 14.4. The molecule has 1 atom stereocenters. The molecule has 0 fully saturated rings. The third kappa shape index (κ3) is 4.83. The van der Waals surface area contributed by atoms with Crippen LogP contribution in [0.3, 0.4) is 0 Å². The fraction of sp³-hybridized carbons (Fsp3) is 0.529. The third-order valence-corrected chi connectivity index (χ3v) is 3.88. The lowest BCUT2D eigenvalue weighted by Crippen LogP contribution is -2.49. The van der Waals surface area contributed by atoms with Crippen molar-refractivity contribution in [3.63, 3.8) is 0 Å². The van der Waals surface area contributed by atoms with Crippen molar-refractivity contribution >= 4 is 17.6 Å². The Hall–Kier alpha value is -2.32. The molecular weight excluding hydrogens is 328 g/mol. The minimum absolute atomic E-state index is 0.0850. The van der Waals surface area contributed by atoms with Gasteiger partial charge in [0.2, 0.25) is 5.91 Å². The summed E-state index contributed by atoms with van der Waals surface area (Å²) in [4.78, 5) is 24.6. The Bertz CT molecular complexity index is 615. The summed E-state index contributed by atoms with van der Waals surface area (Å²) < 4.78 is 16.9. The molecule has 8 heteroatoms. The normalized spacial score (nSPS) is 16.4. The van der Waals surface area contributed by atoms with Crippen LogP contribution in [0.25, 0.3) is 0 Å². The summed E-state index contributed by atoms with van der Waals surface area (Å²) in [6.45, 7) is 5.27. The molecule has 1 aliphatic heterocycles. The number of fused-ring (bicyclic) bond motifs is 1. The highest BCUT2D eigenvalue weighted by Crippen LogP contribution is 2.36. The van der Waals surface area contributed by atoms with Crippen molar-refractivity contribution in [2.75, 3.05) is 31.3 Å². The lowest BCUT2D eigenvalue weighted by atomic mass is 10.1. The number of rotatable bonds is 9. The van der Waals surface area contributed by atoms with E-state index in [4.69, 9.17) is 19.9 Å². The molecule has 0 aliphatic carbocycles. The first-order valence-electron chi connectivity index (χ1n) is 8.24. The lowest BCUT2D eigenvalue weighted by Gasteiger charge is -2.39. The van der Waals surface area contributed by atoms with E-state index in [2.05, 4.69) is 0 Å². The second-order valence-electron chi connectivity index (χ2n) is 5.62. The largest absolute Gasteiger partial charge is 0.489 e. The summed E-state index contributed by atoms with van der Waals surface area (Å²) in [5, 5.41) is 9.25. The standard InChI is InChI=1S/C17H24N2O6/c1-3-23-16(24-4-2)9-19-12(8-15(18)20)10-25-14-6-5-11(17(21)22)7-13(14)19/h5-7,12,16H,3-4,8-10H2,1-2H3,(H2,18,20)(H,21,22). The molecule has 1 aromatic carbocycles. The van der Waals surface area contributed by atoms with Crippen LogP contribution in [0.1, 0.15) is 30.6 Å². The van der Waals surface area contributed by atoms with Gasteiger partial charge in [-0.1, -0.05) is 0 Å². The number of hydrogen-bond acceptors (Lipinski definition) is 6. The Morgan fingerprint density at radius 1 is 1.36 bits per heavy atom. The van der Waals surface area contributed by atoms with E-state index in [1.807, 2.05) is 18.7 Å². The fourth-order valence-electron chi connectivity index (χ4n) is 2.80. The van der Waals surface area contributed by atoms with Gasteiger partial charge in [-0.15, -0.1) is 0 Å². The molecule has 0 aromatic heterocycles. The number of amides is 1. The Kier molecular flexibility index (Phi) is 6.60. The minimum atomic E-state index is -1.04. The van der Waals surface area contributed by atoms with Crippen LogP contribution in [-0.4, -0.2) is 55.7 Å².